The number of rotatable bonds is 5. The quantitative estimate of drug-likeness (QED) is 0.663. The summed E-state index contributed by atoms with van der Waals surface area (Å²) in [5.74, 6) is 0. The van der Waals surface area contributed by atoms with Crippen LogP contribution in [0.15, 0.2) is 35.0 Å². The predicted molar refractivity (Wildman–Crippen MR) is 95.4 cm³/mol. The molecule has 0 saturated carbocycles. The van der Waals surface area contributed by atoms with E-state index >= 15 is 0 Å². The van der Waals surface area contributed by atoms with Crippen molar-refractivity contribution in [1.82, 2.24) is 24.7 Å². The fourth-order valence-corrected chi connectivity index (χ4v) is 3.34. The van der Waals surface area contributed by atoms with E-state index in [1.54, 1.807) is 20.7 Å². The smallest absolute Gasteiger partial charge is 0.221 e. The minimum atomic E-state index is 0.607. The first-order valence-electron chi connectivity index (χ1n) is 7.35. The monoisotopic (exact) mass is 345 g/mol. The Kier molecular flexibility index (Phi) is 4.70. The molecule has 0 amide bonds. The first kappa shape index (κ1) is 16.0. The predicted octanol–water partition coefficient (Wildman–Crippen LogP) is 3.57. The van der Waals surface area contributed by atoms with E-state index < -0.39 is 0 Å². The maximum atomic E-state index is 5.55. The molecule has 23 heavy (non-hydrogen) atoms. The number of hydrogen-bond acceptors (Lipinski definition) is 5. The van der Waals surface area contributed by atoms with Crippen LogP contribution in [-0.2, 0) is 13.2 Å². The van der Waals surface area contributed by atoms with Crippen LogP contribution in [0.3, 0.4) is 0 Å². The van der Waals surface area contributed by atoms with Gasteiger partial charge in [0.2, 0.25) is 4.77 Å². The molecule has 2 aromatic heterocycles. The average Bonchev–Trinajstić information content (AvgIpc) is 3.14. The van der Waals surface area contributed by atoms with Crippen LogP contribution < -0.4 is 0 Å². The van der Waals surface area contributed by atoms with Gasteiger partial charge in [-0.1, -0.05) is 12.1 Å². The van der Waals surface area contributed by atoms with E-state index in [1.807, 2.05) is 12.1 Å². The Bertz CT molecular complexity index is 848. The molecule has 120 valence electrons. The molecule has 0 aliphatic carbocycles. The zero-order chi connectivity index (χ0) is 16.4. The molecule has 0 aliphatic rings. The summed E-state index contributed by atoms with van der Waals surface area (Å²) in [6, 6.07) is 8.25. The van der Waals surface area contributed by atoms with Crippen molar-refractivity contribution in [1.29, 1.82) is 0 Å². The lowest BCUT2D eigenvalue weighted by Gasteiger charge is -2.15. The summed E-state index contributed by atoms with van der Waals surface area (Å²) >= 11 is 7.26. The third kappa shape index (κ3) is 3.41. The second-order valence-electron chi connectivity index (χ2n) is 5.68. The van der Waals surface area contributed by atoms with Crippen LogP contribution in [0.4, 0.5) is 0 Å². The van der Waals surface area contributed by atoms with E-state index in [1.165, 1.54) is 16.7 Å². The minimum Gasteiger partial charge on any atom is -0.283 e. The molecule has 0 radical (unpaired) electrons. The molecular weight excluding hydrogens is 326 g/mol. The van der Waals surface area contributed by atoms with Gasteiger partial charge in [-0.25, -0.2) is 4.68 Å². The SMILES string of the molecule is Cc1cccc(-n2nnn(CN(C)Cc3ccsc3)c2=S)c1C. The van der Waals surface area contributed by atoms with Gasteiger partial charge in [0.15, 0.2) is 0 Å². The van der Waals surface area contributed by atoms with E-state index in [9.17, 15) is 0 Å². The number of nitrogens with zero attached hydrogens (tertiary/aromatic N) is 5. The van der Waals surface area contributed by atoms with Crippen molar-refractivity contribution in [2.24, 2.45) is 0 Å². The average molecular weight is 345 g/mol. The third-order valence-electron chi connectivity index (χ3n) is 3.85. The van der Waals surface area contributed by atoms with Gasteiger partial charge in [0.1, 0.15) is 0 Å². The van der Waals surface area contributed by atoms with Crippen LogP contribution in [0.2, 0.25) is 0 Å². The van der Waals surface area contributed by atoms with E-state index in [0.29, 0.717) is 11.4 Å². The molecular formula is C16H19N5S2. The van der Waals surface area contributed by atoms with Crippen molar-refractivity contribution < 1.29 is 0 Å². The van der Waals surface area contributed by atoms with Gasteiger partial charge in [-0.15, -0.1) is 0 Å². The van der Waals surface area contributed by atoms with Crippen LogP contribution >= 0.6 is 23.6 Å². The molecule has 1 aromatic carbocycles. The highest BCUT2D eigenvalue weighted by Crippen LogP contribution is 2.17. The number of tetrazole rings is 1. The van der Waals surface area contributed by atoms with Crippen molar-refractivity contribution in [3.8, 4) is 5.69 Å². The molecule has 5 nitrogen and oxygen atoms in total. The summed E-state index contributed by atoms with van der Waals surface area (Å²) in [6.45, 7) is 5.64. The van der Waals surface area contributed by atoms with Crippen LogP contribution in [-0.4, -0.2) is 31.7 Å². The van der Waals surface area contributed by atoms with Gasteiger partial charge in [-0.2, -0.15) is 16.0 Å². The molecule has 2 heterocycles. The number of thiophene rings is 1. The Labute approximate surface area is 144 Å². The van der Waals surface area contributed by atoms with Gasteiger partial charge in [0, 0.05) is 6.54 Å². The summed E-state index contributed by atoms with van der Waals surface area (Å²) in [6.07, 6.45) is 0. The Morgan fingerprint density at radius 3 is 2.78 bits per heavy atom. The van der Waals surface area contributed by atoms with Gasteiger partial charge in [-0.05, 0) is 83.1 Å². The second kappa shape index (κ2) is 6.74. The van der Waals surface area contributed by atoms with Gasteiger partial charge >= 0.3 is 0 Å². The molecule has 3 rings (SSSR count). The fraction of sp³-hybridized carbons (Fsp3) is 0.312. The van der Waals surface area contributed by atoms with Crippen molar-refractivity contribution in [2.45, 2.75) is 27.1 Å². The van der Waals surface area contributed by atoms with Crippen LogP contribution in [0.25, 0.3) is 5.69 Å². The zero-order valence-corrected chi connectivity index (χ0v) is 15.1. The highest BCUT2D eigenvalue weighted by molar-refractivity contribution is 7.71. The van der Waals surface area contributed by atoms with Crippen molar-refractivity contribution in [3.63, 3.8) is 0 Å². The Morgan fingerprint density at radius 1 is 1.22 bits per heavy atom. The largest absolute Gasteiger partial charge is 0.283 e. The van der Waals surface area contributed by atoms with Crippen LogP contribution in [0.5, 0.6) is 0 Å². The second-order valence-corrected chi connectivity index (χ2v) is 6.82. The van der Waals surface area contributed by atoms with Crippen molar-refractivity contribution in [3.05, 3.63) is 56.5 Å². The normalized spacial score (nSPS) is 11.3. The maximum Gasteiger partial charge on any atom is 0.221 e. The Balaban J connectivity index is 1.82. The van der Waals surface area contributed by atoms with Gasteiger partial charge in [-0.3, -0.25) is 4.90 Å². The summed E-state index contributed by atoms with van der Waals surface area (Å²) < 4.78 is 4.09. The summed E-state index contributed by atoms with van der Waals surface area (Å²) in [5.41, 5.74) is 4.67. The highest BCUT2D eigenvalue weighted by Gasteiger charge is 2.11. The number of aromatic nitrogens is 4. The van der Waals surface area contributed by atoms with E-state index in [4.69, 9.17) is 12.2 Å². The Hall–Kier alpha value is -1.83. The Morgan fingerprint density at radius 2 is 2.04 bits per heavy atom. The number of hydrogen-bond donors (Lipinski definition) is 0. The van der Waals surface area contributed by atoms with Crippen molar-refractivity contribution >= 4 is 23.6 Å². The molecule has 0 fully saturated rings. The van der Waals surface area contributed by atoms with Gasteiger partial charge < -0.3 is 0 Å². The van der Waals surface area contributed by atoms with Gasteiger partial charge in [0.25, 0.3) is 0 Å². The molecule has 0 bridgehead atoms. The van der Waals surface area contributed by atoms with Crippen LogP contribution in [0, 0.1) is 18.6 Å². The summed E-state index contributed by atoms with van der Waals surface area (Å²) in [5, 5.41) is 12.7. The molecule has 3 aromatic rings. The van der Waals surface area contributed by atoms with E-state index in [0.717, 1.165) is 12.2 Å². The van der Waals surface area contributed by atoms with Gasteiger partial charge in [0.05, 0.1) is 12.4 Å². The lowest BCUT2D eigenvalue weighted by Crippen LogP contribution is -2.22. The minimum absolute atomic E-state index is 0.607. The first-order valence-corrected chi connectivity index (χ1v) is 8.70. The molecule has 0 aliphatic heterocycles. The molecule has 0 spiro atoms. The third-order valence-corrected chi connectivity index (χ3v) is 4.97. The molecule has 7 heteroatoms. The molecule has 0 N–H and O–H groups in total. The van der Waals surface area contributed by atoms with E-state index in [-0.39, 0.29) is 0 Å². The summed E-state index contributed by atoms with van der Waals surface area (Å²) in [4.78, 5) is 2.17. The first-order chi connectivity index (χ1) is 11.1. The highest BCUT2D eigenvalue weighted by atomic mass is 32.1. The fourth-order valence-electron chi connectivity index (χ4n) is 2.45. The lowest BCUT2D eigenvalue weighted by molar-refractivity contribution is 0.242. The molecule has 0 atom stereocenters. The zero-order valence-electron chi connectivity index (χ0n) is 13.4. The van der Waals surface area contributed by atoms with E-state index in [2.05, 4.69) is 59.1 Å². The topological polar surface area (TPSA) is 38.9 Å². The van der Waals surface area contributed by atoms with Crippen molar-refractivity contribution in [2.75, 3.05) is 7.05 Å². The lowest BCUT2D eigenvalue weighted by atomic mass is 10.1. The number of benzene rings is 1. The van der Waals surface area contributed by atoms with Crippen LogP contribution in [0.1, 0.15) is 16.7 Å². The standard InChI is InChI=1S/C16H19N5S2/c1-12-5-4-6-15(13(12)2)21-16(22)20(17-18-21)11-19(3)9-14-7-8-23-10-14/h4-8,10H,9,11H2,1-3H3. The molecule has 0 unspecified atom stereocenters. The summed E-state index contributed by atoms with van der Waals surface area (Å²) in [7, 11) is 2.05. The molecule has 0 saturated heterocycles. The maximum absolute atomic E-state index is 5.55. The number of aryl methyl sites for hydroxylation is 1.